The molecule has 3 atom stereocenters. The minimum absolute atomic E-state index is 0.0344. The zero-order chi connectivity index (χ0) is 29.4. The Balaban J connectivity index is 3.67. The molecule has 0 aliphatic carbocycles. The number of hydrogen-bond donors (Lipinski definition) is 3. The maximum atomic E-state index is 14.3. The van der Waals surface area contributed by atoms with Gasteiger partial charge in [-0.2, -0.15) is 0 Å². The van der Waals surface area contributed by atoms with Crippen molar-refractivity contribution in [3.63, 3.8) is 0 Å². The predicted octanol–water partition coefficient (Wildman–Crippen LogP) is 4.44. The van der Waals surface area contributed by atoms with Crippen LogP contribution in [-0.2, 0) is 19.1 Å². The molecule has 0 saturated heterocycles. The third-order valence-corrected chi connectivity index (χ3v) is 6.19. The third kappa shape index (κ3) is 9.99. The van der Waals surface area contributed by atoms with Gasteiger partial charge >= 0.3 is 6.09 Å². The molecular weight excluding hydrogens is 484 g/mol. The number of aryl methyl sites for hydroxylation is 1. The van der Waals surface area contributed by atoms with E-state index >= 15 is 0 Å². The average molecular weight is 533 g/mol. The SMILES string of the molecule is CCCC(C)NC(=O)C(c1cccc(C)c1C)N(C(=O)C(CCC(N)=O)NC(=O)OC(C)(C)C)C(C)(C)C. The van der Waals surface area contributed by atoms with Crippen molar-refractivity contribution in [1.82, 2.24) is 15.5 Å². The van der Waals surface area contributed by atoms with Crippen LogP contribution >= 0.6 is 0 Å². The zero-order valence-electron chi connectivity index (χ0n) is 24.9. The molecule has 214 valence electrons. The number of primary amides is 1. The van der Waals surface area contributed by atoms with Crippen molar-refractivity contribution in [1.29, 1.82) is 0 Å². The minimum Gasteiger partial charge on any atom is -0.444 e. The number of amides is 4. The first kappa shape index (κ1) is 32.9. The fraction of sp³-hybridized carbons (Fsp3) is 0.655. The molecule has 4 amide bonds. The molecule has 0 aliphatic heterocycles. The van der Waals surface area contributed by atoms with E-state index in [0.29, 0.717) is 5.56 Å². The first-order valence-corrected chi connectivity index (χ1v) is 13.4. The topological polar surface area (TPSA) is 131 Å². The molecule has 0 bridgehead atoms. The van der Waals surface area contributed by atoms with Crippen LogP contribution in [0.25, 0.3) is 0 Å². The Kier molecular flexibility index (Phi) is 11.8. The highest BCUT2D eigenvalue weighted by atomic mass is 16.6. The summed E-state index contributed by atoms with van der Waals surface area (Å²) in [6.45, 7) is 18.5. The first-order chi connectivity index (χ1) is 17.4. The summed E-state index contributed by atoms with van der Waals surface area (Å²) in [5.74, 6) is -1.42. The van der Waals surface area contributed by atoms with Crippen molar-refractivity contribution in [3.8, 4) is 0 Å². The summed E-state index contributed by atoms with van der Waals surface area (Å²) in [4.78, 5) is 54.0. The summed E-state index contributed by atoms with van der Waals surface area (Å²) in [5, 5.41) is 5.70. The Hall–Kier alpha value is -3.10. The van der Waals surface area contributed by atoms with Crippen LogP contribution in [0.3, 0.4) is 0 Å². The van der Waals surface area contributed by atoms with Crippen LogP contribution < -0.4 is 16.4 Å². The molecule has 38 heavy (non-hydrogen) atoms. The molecule has 0 saturated carbocycles. The molecular formula is C29H48N4O5. The number of carbonyl (C=O) groups is 4. The zero-order valence-corrected chi connectivity index (χ0v) is 24.9. The van der Waals surface area contributed by atoms with Gasteiger partial charge in [0.25, 0.3) is 0 Å². The van der Waals surface area contributed by atoms with E-state index in [1.54, 1.807) is 20.8 Å². The number of benzene rings is 1. The molecule has 1 rings (SSSR count). The maximum Gasteiger partial charge on any atom is 0.408 e. The van der Waals surface area contributed by atoms with Gasteiger partial charge in [0.2, 0.25) is 17.7 Å². The molecule has 9 heteroatoms. The van der Waals surface area contributed by atoms with E-state index < -0.39 is 41.1 Å². The number of carbonyl (C=O) groups excluding carboxylic acids is 4. The number of ether oxygens (including phenoxy) is 1. The lowest BCUT2D eigenvalue weighted by molar-refractivity contribution is -0.149. The molecule has 0 radical (unpaired) electrons. The Morgan fingerprint density at radius 2 is 1.61 bits per heavy atom. The van der Waals surface area contributed by atoms with Gasteiger partial charge in [-0.1, -0.05) is 31.5 Å². The van der Waals surface area contributed by atoms with E-state index in [-0.39, 0.29) is 24.8 Å². The van der Waals surface area contributed by atoms with Gasteiger partial charge in [-0.05, 0) is 91.8 Å². The second-order valence-electron chi connectivity index (χ2n) is 12.0. The Morgan fingerprint density at radius 1 is 1.00 bits per heavy atom. The number of nitrogens with two attached hydrogens (primary N) is 1. The molecule has 3 unspecified atom stereocenters. The molecule has 1 aromatic carbocycles. The lowest BCUT2D eigenvalue weighted by atomic mass is 9.90. The average Bonchev–Trinajstić information content (AvgIpc) is 2.74. The minimum atomic E-state index is -1.13. The summed E-state index contributed by atoms with van der Waals surface area (Å²) in [7, 11) is 0. The number of nitrogens with zero attached hydrogens (tertiary/aromatic N) is 1. The Morgan fingerprint density at radius 3 is 2.11 bits per heavy atom. The molecule has 0 aliphatic rings. The highest BCUT2D eigenvalue weighted by Crippen LogP contribution is 2.33. The summed E-state index contributed by atoms with van der Waals surface area (Å²) in [5.41, 5.74) is 6.34. The van der Waals surface area contributed by atoms with Crippen LogP contribution in [-0.4, -0.2) is 51.9 Å². The second-order valence-corrected chi connectivity index (χ2v) is 12.0. The van der Waals surface area contributed by atoms with Gasteiger partial charge in [0.05, 0.1) is 0 Å². The van der Waals surface area contributed by atoms with Crippen LogP contribution in [0.1, 0.15) is 104 Å². The van der Waals surface area contributed by atoms with Crippen LogP contribution in [0.15, 0.2) is 18.2 Å². The summed E-state index contributed by atoms with van der Waals surface area (Å²) >= 11 is 0. The Labute approximate surface area is 228 Å². The van der Waals surface area contributed by atoms with E-state index in [0.717, 1.165) is 24.0 Å². The van der Waals surface area contributed by atoms with Gasteiger partial charge in [0.1, 0.15) is 17.7 Å². The summed E-state index contributed by atoms with van der Waals surface area (Å²) in [6, 6.07) is 3.47. The van der Waals surface area contributed by atoms with Crippen molar-refractivity contribution in [2.75, 3.05) is 0 Å². The van der Waals surface area contributed by atoms with E-state index in [1.807, 2.05) is 66.7 Å². The molecule has 1 aromatic rings. The lowest BCUT2D eigenvalue weighted by Gasteiger charge is -2.43. The monoisotopic (exact) mass is 532 g/mol. The highest BCUT2D eigenvalue weighted by Gasteiger charge is 2.42. The summed E-state index contributed by atoms with van der Waals surface area (Å²) in [6.07, 6.45) is 0.729. The van der Waals surface area contributed by atoms with Gasteiger partial charge in [0.15, 0.2) is 0 Å². The van der Waals surface area contributed by atoms with Crippen molar-refractivity contribution < 1.29 is 23.9 Å². The normalized spacial score (nSPS) is 14.2. The van der Waals surface area contributed by atoms with Crippen molar-refractivity contribution in [2.24, 2.45) is 5.73 Å². The van der Waals surface area contributed by atoms with Gasteiger partial charge in [-0.3, -0.25) is 14.4 Å². The number of alkyl carbamates (subject to hydrolysis) is 1. The second kappa shape index (κ2) is 13.6. The number of hydrogen-bond acceptors (Lipinski definition) is 5. The van der Waals surface area contributed by atoms with E-state index in [2.05, 4.69) is 10.6 Å². The van der Waals surface area contributed by atoms with Crippen molar-refractivity contribution in [3.05, 3.63) is 34.9 Å². The summed E-state index contributed by atoms with van der Waals surface area (Å²) < 4.78 is 5.38. The third-order valence-electron chi connectivity index (χ3n) is 6.19. The van der Waals surface area contributed by atoms with E-state index in [4.69, 9.17) is 10.5 Å². The van der Waals surface area contributed by atoms with E-state index in [9.17, 15) is 19.2 Å². The fourth-order valence-corrected chi connectivity index (χ4v) is 4.30. The molecule has 0 aromatic heterocycles. The fourth-order valence-electron chi connectivity index (χ4n) is 4.30. The molecule has 0 fully saturated rings. The van der Waals surface area contributed by atoms with Crippen LogP contribution in [0.5, 0.6) is 0 Å². The Bertz CT molecular complexity index is 994. The number of nitrogens with one attached hydrogen (secondary N) is 2. The van der Waals surface area contributed by atoms with Gasteiger partial charge in [-0.15, -0.1) is 0 Å². The van der Waals surface area contributed by atoms with Crippen LogP contribution in [0, 0.1) is 13.8 Å². The van der Waals surface area contributed by atoms with Gasteiger partial charge < -0.3 is 26.0 Å². The quantitative estimate of drug-likeness (QED) is 0.388. The van der Waals surface area contributed by atoms with Crippen LogP contribution in [0.2, 0.25) is 0 Å². The first-order valence-electron chi connectivity index (χ1n) is 13.4. The van der Waals surface area contributed by atoms with Gasteiger partial charge in [0, 0.05) is 18.0 Å². The molecule has 0 heterocycles. The van der Waals surface area contributed by atoms with Gasteiger partial charge in [-0.25, -0.2) is 4.79 Å². The standard InChI is InChI=1S/C29H48N4O5/c1-11-13-19(3)31-25(35)24(21-15-12-14-18(2)20(21)4)33(28(5,6)7)26(36)22(16-17-23(30)34)32-27(37)38-29(8,9)10/h12,14-15,19,22,24H,11,13,16-17H2,1-10H3,(H2,30,34)(H,31,35)(H,32,37). The number of rotatable bonds is 11. The predicted molar refractivity (Wildman–Crippen MR) is 149 cm³/mol. The van der Waals surface area contributed by atoms with Crippen molar-refractivity contribution in [2.45, 2.75) is 124 Å². The molecule has 4 N–H and O–H groups in total. The smallest absolute Gasteiger partial charge is 0.408 e. The lowest BCUT2D eigenvalue weighted by Crippen LogP contribution is -2.59. The molecule has 9 nitrogen and oxygen atoms in total. The van der Waals surface area contributed by atoms with Crippen LogP contribution in [0.4, 0.5) is 4.79 Å². The van der Waals surface area contributed by atoms with E-state index in [1.165, 1.54) is 4.90 Å². The highest BCUT2D eigenvalue weighted by molar-refractivity contribution is 5.93. The largest absolute Gasteiger partial charge is 0.444 e. The maximum absolute atomic E-state index is 14.3. The molecule has 0 spiro atoms. The van der Waals surface area contributed by atoms with Crippen molar-refractivity contribution >= 4 is 23.8 Å².